The molecule has 3 rings (SSSR count). The molecule has 32 heavy (non-hydrogen) atoms. The molecule has 0 aliphatic rings. The van der Waals surface area contributed by atoms with Crippen molar-refractivity contribution < 1.29 is 19.1 Å². The minimum atomic E-state index is -0.697. The van der Waals surface area contributed by atoms with Gasteiger partial charge in [0, 0.05) is 11.6 Å². The fourth-order valence-corrected chi connectivity index (χ4v) is 3.71. The Kier molecular flexibility index (Phi) is 7.36. The van der Waals surface area contributed by atoms with Crippen LogP contribution in [0.1, 0.15) is 42.7 Å². The van der Waals surface area contributed by atoms with Crippen molar-refractivity contribution in [2.45, 2.75) is 32.9 Å². The lowest BCUT2D eigenvalue weighted by Crippen LogP contribution is -2.50. The molecule has 0 spiro atoms. The van der Waals surface area contributed by atoms with Gasteiger partial charge in [-0.3, -0.25) is 9.59 Å². The zero-order valence-corrected chi connectivity index (χ0v) is 19.1. The Morgan fingerprint density at radius 2 is 1.44 bits per heavy atom. The molecule has 3 aromatic carbocycles. The second kappa shape index (κ2) is 10.2. The first kappa shape index (κ1) is 23.1. The standard InChI is InChI=1S/C26H30N2O4/c1-16(2)24(28-25(29)19-13-20(31-4)15-21(14-19)32-5)26(30)27-17(3)22-12-8-10-18-9-6-7-11-23(18)22/h6-17,24H,1-5H3,(H,27,30)(H,28,29). The maximum Gasteiger partial charge on any atom is 0.252 e. The van der Waals surface area contributed by atoms with Crippen LogP contribution in [0.15, 0.2) is 60.7 Å². The fraction of sp³-hybridized carbons (Fsp3) is 0.308. The van der Waals surface area contributed by atoms with Crippen molar-refractivity contribution in [1.82, 2.24) is 10.6 Å². The predicted octanol–water partition coefficient (Wildman–Crippen LogP) is 4.49. The number of methoxy groups -OCH3 is 2. The van der Waals surface area contributed by atoms with Gasteiger partial charge in [-0.15, -0.1) is 0 Å². The number of ether oxygens (including phenoxy) is 2. The lowest BCUT2D eigenvalue weighted by Gasteiger charge is -2.25. The first-order valence-corrected chi connectivity index (χ1v) is 10.7. The Morgan fingerprint density at radius 3 is 2.06 bits per heavy atom. The van der Waals surface area contributed by atoms with Crippen molar-refractivity contribution in [3.05, 3.63) is 71.8 Å². The second-order valence-corrected chi connectivity index (χ2v) is 8.10. The van der Waals surface area contributed by atoms with Crippen LogP contribution in [0, 0.1) is 5.92 Å². The van der Waals surface area contributed by atoms with Crippen molar-refractivity contribution in [2.24, 2.45) is 5.92 Å². The van der Waals surface area contributed by atoms with E-state index >= 15 is 0 Å². The molecule has 0 heterocycles. The number of nitrogens with one attached hydrogen (secondary N) is 2. The summed E-state index contributed by atoms with van der Waals surface area (Å²) in [6.45, 7) is 5.75. The molecule has 6 nitrogen and oxygen atoms in total. The molecule has 0 bridgehead atoms. The molecular weight excluding hydrogens is 404 g/mol. The SMILES string of the molecule is COc1cc(OC)cc(C(=O)NC(C(=O)NC(C)c2cccc3ccccc23)C(C)C)c1. The Morgan fingerprint density at radius 1 is 0.812 bits per heavy atom. The van der Waals surface area contributed by atoms with E-state index < -0.39 is 6.04 Å². The number of hydrogen-bond acceptors (Lipinski definition) is 4. The largest absolute Gasteiger partial charge is 0.497 e. The van der Waals surface area contributed by atoms with Crippen LogP contribution < -0.4 is 20.1 Å². The number of amides is 2. The van der Waals surface area contributed by atoms with E-state index in [4.69, 9.17) is 9.47 Å². The molecule has 2 N–H and O–H groups in total. The summed E-state index contributed by atoms with van der Waals surface area (Å²) < 4.78 is 10.5. The summed E-state index contributed by atoms with van der Waals surface area (Å²) in [5.41, 5.74) is 1.39. The Hall–Kier alpha value is -3.54. The van der Waals surface area contributed by atoms with Gasteiger partial charge in [0.15, 0.2) is 0 Å². The number of hydrogen-bond donors (Lipinski definition) is 2. The van der Waals surface area contributed by atoms with Crippen LogP contribution in [-0.2, 0) is 4.79 Å². The number of fused-ring (bicyclic) bond motifs is 1. The monoisotopic (exact) mass is 434 g/mol. The summed E-state index contributed by atoms with van der Waals surface area (Å²) in [6, 6.07) is 18.1. The highest BCUT2D eigenvalue weighted by atomic mass is 16.5. The summed E-state index contributed by atoms with van der Waals surface area (Å²) in [7, 11) is 3.05. The van der Waals surface area contributed by atoms with Crippen LogP contribution in [-0.4, -0.2) is 32.1 Å². The van der Waals surface area contributed by atoms with E-state index in [1.807, 2.05) is 63.2 Å². The normalized spacial score (nSPS) is 12.8. The van der Waals surface area contributed by atoms with Crippen LogP contribution in [0.25, 0.3) is 10.8 Å². The molecule has 0 saturated heterocycles. The molecule has 2 amide bonds. The van der Waals surface area contributed by atoms with Gasteiger partial charge < -0.3 is 20.1 Å². The van der Waals surface area contributed by atoms with Gasteiger partial charge in [0.05, 0.1) is 20.3 Å². The molecule has 2 atom stereocenters. The molecule has 0 saturated carbocycles. The molecular formula is C26H30N2O4. The van der Waals surface area contributed by atoms with E-state index in [2.05, 4.69) is 10.6 Å². The number of carbonyl (C=O) groups excluding carboxylic acids is 2. The van der Waals surface area contributed by atoms with Gasteiger partial charge in [0.2, 0.25) is 5.91 Å². The van der Waals surface area contributed by atoms with Crippen molar-refractivity contribution in [3.63, 3.8) is 0 Å². The Balaban J connectivity index is 1.78. The van der Waals surface area contributed by atoms with Gasteiger partial charge in [0.25, 0.3) is 5.91 Å². The van der Waals surface area contributed by atoms with Crippen molar-refractivity contribution in [1.29, 1.82) is 0 Å². The molecule has 0 fully saturated rings. The molecule has 0 aromatic heterocycles. The summed E-state index contributed by atoms with van der Waals surface area (Å²) >= 11 is 0. The molecule has 0 aliphatic carbocycles. The van der Waals surface area contributed by atoms with E-state index in [1.54, 1.807) is 18.2 Å². The van der Waals surface area contributed by atoms with Gasteiger partial charge >= 0.3 is 0 Å². The number of benzene rings is 3. The molecule has 3 aromatic rings. The molecule has 168 valence electrons. The number of rotatable bonds is 8. The lowest BCUT2D eigenvalue weighted by atomic mass is 9.98. The van der Waals surface area contributed by atoms with Crippen molar-refractivity contribution >= 4 is 22.6 Å². The highest BCUT2D eigenvalue weighted by Crippen LogP contribution is 2.25. The topological polar surface area (TPSA) is 76.7 Å². The maximum absolute atomic E-state index is 13.1. The molecule has 6 heteroatoms. The lowest BCUT2D eigenvalue weighted by molar-refractivity contribution is -0.124. The molecule has 2 unspecified atom stereocenters. The minimum absolute atomic E-state index is 0.105. The first-order chi connectivity index (χ1) is 15.3. The smallest absolute Gasteiger partial charge is 0.252 e. The zero-order valence-electron chi connectivity index (χ0n) is 19.1. The van der Waals surface area contributed by atoms with Crippen LogP contribution in [0.4, 0.5) is 0 Å². The summed E-state index contributed by atoms with van der Waals surface area (Å²) in [6.07, 6.45) is 0. The van der Waals surface area contributed by atoms with Crippen molar-refractivity contribution in [3.8, 4) is 11.5 Å². The van der Waals surface area contributed by atoms with E-state index in [0.29, 0.717) is 17.1 Å². The minimum Gasteiger partial charge on any atom is -0.497 e. The third kappa shape index (κ3) is 5.19. The zero-order chi connectivity index (χ0) is 23.3. The average molecular weight is 435 g/mol. The third-order valence-corrected chi connectivity index (χ3v) is 5.50. The van der Waals surface area contributed by atoms with E-state index in [9.17, 15) is 9.59 Å². The highest BCUT2D eigenvalue weighted by molar-refractivity contribution is 5.98. The highest BCUT2D eigenvalue weighted by Gasteiger charge is 2.26. The Bertz CT molecular complexity index is 1080. The van der Waals surface area contributed by atoms with Crippen LogP contribution in [0.3, 0.4) is 0 Å². The number of carbonyl (C=O) groups is 2. The van der Waals surface area contributed by atoms with Crippen LogP contribution >= 0.6 is 0 Å². The van der Waals surface area contributed by atoms with Gasteiger partial charge in [-0.25, -0.2) is 0 Å². The average Bonchev–Trinajstić information content (AvgIpc) is 2.81. The third-order valence-electron chi connectivity index (χ3n) is 5.50. The predicted molar refractivity (Wildman–Crippen MR) is 126 cm³/mol. The van der Waals surface area contributed by atoms with Crippen LogP contribution in [0.5, 0.6) is 11.5 Å². The fourth-order valence-electron chi connectivity index (χ4n) is 3.71. The first-order valence-electron chi connectivity index (χ1n) is 10.7. The Labute approximate surface area is 188 Å². The van der Waals surface area contributed by atoms with E-state index in [0.717, 1.165) is 16.3 Å². The summed E-state index contributed by atoms with van der Waals surface area (Å²) in [5.74, 6) is 0.304. The van der Waals surface area contributed by atoms with E-state index in [-0.39, 0.29) is 23.8 Å². The maximum atomic E-state index is 13.1. The summed E-state index contributed by atoms with van der Waals surface area (Å²) in [4.78, 5) is 26.1. The quantitative estimate of drug-likeness (QED) is 0.548. The molecule has 0 radical (unpaired) electrons. The summed E-state index contributed by atoms with van der Waals surface area (Å²) in [5, 5.41) is 8.15. The van der Waals surface area contributed by atoms with Gasteiger partial charge in [-0.1, -0.05) is 56.3 Å². The van der Waals surface area contributed by atoms with Gasteiger partial charge in [0.1, 0.15) is 17.5 Å². The van der Waals surface area contributed by atoms with E-state index in [1.165, 1.54) is 14.2 Å². The van der Waals surface area contributed by atoms with Gasteiger partial charge in [-0.2, -0.15) is 0 Å². The van der Waals surface area contributed by atoms with Crippen molar-refractivity contribution in [2.75, 3.05) is 14.2 Å². The molecule has 0 aliphatic heterocycles. The second-order valence-electron chi connectivity index (χ2n) is 8.10. The van der Waals surface area contributed by atoms with Gasteiger partial charge in [-0.05, 0) is 41.3 Å². The van der Waals surface area contributed by atoms with Crippen LogP contribution in [0.2, 0.25) is 0 Å².